The second-order valence-electron chi connectivity index (χ2n) is 5.59. The Bertz CT molecular complexity index is 1200. The van der Waals surface area contributed by atoms with Crippen molar-refractivity contribution in [2.24, 2.45) is 0 Å². The van der Waals surface area contributed by atoms with Gasteiger partial charge >= 0.3 is 6.18 Å². The molecular formula is C16H9ClF3N3O4S2. The molecule has 1 heterocycles. The maximum Gasteiger partial charge on any atom is 0.416 e. The van der Waals surface area contributed by atoms with Crippen molar-refractivity contribution in [3.05, 3.63) is 68.5 Å². The first-order chi connectivity index (χ1) is 13.5. The van der Waals surface area contributed by atoms with Crippen LogP contribution < -0.4 is 4.72 Å². The smallest absolute Gasteiger partial charge is 0.258 e. The van der Waals surface area contributed by atoms with Gasteiger partial charge in [0.05, 0.1) is 21.2 Å². The number of nitro benzene ring substituents is 1. The van der Waals surface area contributed by atoms with Crippen molar-refractivity contribution >= 4 is 43.8 Å². The average molecular weight is 464 g/mol. The summed E-state index contributed by atoms with van der Waals surface area (Å²) in [5.74, 6) is 0. The highest BCUT2D eigenvalue weighted by Gasteiger charge is 2.33. The van der Waals surface area contributed by atoms with Gasteiger partial charge in [0.2, 0.25) is 0 Å². The maximum absolute atomic E-state index is 12.9. The normalized spacial score (nSPS) is 12.0. The lowest BCUT2D eigenvalue weighted by molar-refractivity contribution is -0.384. The van der Waals surface area contributed by atoms with Crippen LogP contribution in [0.1, 0.15) is 5.56 Å². The number of nitrogens with zero attached hydrogens (tertiary/aromatic N) is 2. The molecule has 1 N–H and O–H groups in total. The van der Waals surface area contributed by atoms with Crippen molar-refractivity contribution in [3.8, 4) is 11.3 Å². The molecule has 0 saturated carbocycles. The number of benzene rings is 2. The molecule has 0 saturated heterocycles. The summed E-state index contributed by atoms with van der Waals surface area (Å²) in [7, 11) is -4.46. The zero-order valence-corrected chi connectivity index (χ0v) is 16.4. The number of nitrogens with one attached hydrogen (secondary N) is 1. The van der Waals surface area contributed by atoms with E-state index in [0.717, 1.165) is 17.4 Å². The van der Waals surface area contributed by atoms with E-state index < -0.39 is 31.6 Å². The number of nitro groups is 1. The molecule has 0 bridgehead atoms. The van der Waals surface area contributed by atoms with Crippen LogP contribution in [0.2, 0.25) is 5.02 Å². The zero-order chi connectivity index (χ0) is 21.4. The van der Waals surface area contributed by atoms with E-state index in [4.69, 9.17) is 11.6 Å². The molecule has 3 rings (SSSR count). The third kappa shape index (κ3) is 4.66. The topological polar surface area (TPSA) is 102 Å². The molecule has 0 aliphatic rings. The predicted molar refractivity (Wildman–Crippen MR) is 101 cm³/mol. The monoisotopic (exact) mass is 463 g/mol. The minimum absolute atomic E-state index is 0.139. The summed E-state index contributed by atoms with van der Waals surface area (Å²) in [5, 5.41) is 11.8. The molecule has 29 heavy (non-hydrogen) atoms. The molecule has 2 aromatic carbocycles. The minimum atomic E-state index is -4.74. The summed E-state index contributed by atoms with van der Waals surface area (Å²) >= 11 is 6.64. The molecule has 0 amide bonds. The van der Waals surface area contributed by atoms with E-state index in [-0.39, 0.29) is 21.5 Å². The highest BCUT2D eigenvalue weighted by atomic mass is 35.5. The van der Waals surface area contributed by atoms with Gasteiger partial charge in [-0.2, -0.15) is 13.2 Å². The summed E-state index contributed by atoms with van der Waals surface area (Å²) in [6.07, 6.45) is -4.74. The van der Waals surface area contributed by atoms with Crippen molar-refractivity contribution in [2.75, 3.05) is 4.72 Å². The van der Waals surface area contributed by atoms with Crippen LogP contribution in [0.5, 0.6) is 0 Å². The maximum atomic E-state index is 12.9. The Labute approximate surface area is 171 Å². The molecular weight excluding hydrogens is 455 g/mol. The lowest BCUT2D eigenvalue weighted by Gasteiger charge is -2.11. The Morgan fingerprint density at radius 1 is 1.17 bits per heavy atom. The fourth-order valence-corrected chi connectivity index (χ4v) is 4.79. The second kappa shape index (κ2) is 7.61. The lowest BCUT2D eigenvalue weighted by Crippen LogP contribution is -2.15. The standard InChI is InChI=1S/C16H9ClF3N3O4S2/c17-12-5-4-10(16(18,19)20)7-14(12)29(26,27)22-15-21-13(8-28-15)9-2-1-3-11(6-9)23(24)25/h1-8H,(H,21,22). The number of non-ortho nitro benzene ring substituents is 1. The van der Waals surface area contributed by atoms with Crippen molar-refractivity contribution in [1.82, 2.24) is 4.98 Å². The van der Waals surface area contributed by atoms with Gasteiger partial charge in [-0.1, -0.05) is 23.7 Å². The van der Waals surface area contributed by atoms with E-state index in [1.165, 1.54) is 23.6 Å². The van der Waals surface area contributed by atoms with Gasteiger partial charge in [-0.05, 0) is 18.2 Å². The van der Waals surface area contributed by atoms with Gasteiger partial charge in [0.15, 0.2) is 5.13 Å². The number of aromatic nitrogens is 1. The van der Waals surface area contributed by atoms with Crippen molar-refractivity contribution in [1.29, 1.82) is 0 Å². The van der Waals surface area contributed by atoms with E-state index in [9.17, 15) is 31.7 Å². The van der Waals surface area contributed by atoms with E-state index in [0.29, 0.717) is 17.7 Å². The second-order valence-corrected chi connectivity index (χ2v) is 8.51. The highest BCUT2D eigenvalue weighted by Crippen LogP contribution is 2.35. The Kier molecular flexibility index (Phi) is 5.52. The SMILES string of the molecule is O=[N+]([O-])c1cccc(-c2csc(NS(=O)(=O)c3cc(C(F)(F)F)ccc3Cl)n2)c1. The number of anilines is 1. The van der Waals surface area contributed by atoms with Crippen LogP contribution in [0.3, 0.4) is 0 Å². The zero-order valence-electron chi connectivity index (χ0n) is 14.0. The van der Waals surface area contributed by atoms with Crippen molar-refractivity contribution in [3.63, 3.8) is 0 Å². The van der Waals surface area contributed by atoms with Crippen molar-refractivity contribution < 1.29 is 26.5 Å². The molecule has 0 radical (unpaired) electrons. The van der Waals surface area contributed by atoms with Gasteiger partial charge in [-0.3, -0.25) is 14.8 Å². The first-order valence-corrected chi connectivity index (χ1v) is 10.3. The van der Waals surface area contributed by atoms with Crippen molar-refractivity contribution in [2.45, 2.75) is 11.1 Å². The fraction of sp³-hybridized carbons (Fsp3) is 0.0625. The molecule has 3 aromatic rings. The number of alkyl halides is 3. The highest BCUT2D eigenvalue weighted by molar-refractivity contribution is 7.93. The molecule has 0 aliphatic heterocycles. The van der Waals surface area contributed by atoms with Gasteiger partial charge in [-0.25, -0.2) is 13.4 Å². The molecule has 1 aromatic heterocycles. The van der Waals surface area contributed by atoms with Crippen LogP contribution in [-0.2, 0) is 16.2 Å². The van der Waals surface area contributed by atoms with Crippen LogP contribution in [0.4, 0.5) is 24.0 Å². The summed E-state index contributed by atoms with van der Waals surface area (Å²) in [6.45, 7) is 0. The largest absolute Gasteiger partial charge is 0.416 e. The molecule has 152 valence electrons. The quantitative estimate of drug-likeness (QED) is 0.414. The van der Waals surface area contributed by atoms with E-state index in [1.54, 1.807) is 6.07 Å². The first-order valence-electron chi connectivity index (χ1n) is 7.57. The van der Waals surface area contributed by atoms with Crippen LogP contribution in [0.15, 0.2) is 52.7 Å². The Balaban J connectivity index is 1.91. The van der Waals surface area contributed by atoms with Gasteiger partial charge < -0.3 is 0 Å². The summed E-state index contributed by atoms with van der Waals surface area (Å²) in [4.78, 5) is 13.6. The van der Waals surface area contributed by atoms with E-state index in [2.05, 4.69) is 9.71 Å². The van der Waals surface area contributed by atoms with E-state index in [1.807, 2.05) is 0 Å². The fourth-order valence-electron chi connectivity index (χ4n) is 2.29. The third-order valence-electron chi connectivity index (χ3n) is 3.63. The number of hydrogen-bond donors (Lipinski definition) is 1. The average Bonchev–Trinajstić information content (AvgIpc) is 3.08. The molecule has 7 nitrogen and oxygen atoms in total. The third-order valence-corrected chi connectivity index (χ3v) is 6.33. The molecule has 0 atom stereocenters. The Morgan fingerprint density at radius 3 is 2.55 bits per heavy atom. The molecule has 0 fully saturated rings. The number of halogens is 4. The number of hydrogen-bond acceptors (Lipinski definition) is 6. The first kappa shape index (κ1) is 21.0. The van der Waals surface area contributed by atoms with Gasteiger partial charge in [-0.15, -0.1) is 11.3 Å². The molecule has 0 spiro atoms. The number of sulfonamides is 1. The van der Waals surface area contributed by atoms with Crippen LogP contribution in [0.25, 0.3) is 11.3 Å². The summed E-state index contributed by atoms with van der Waals surface area (Å²) in [6, 6.07) is 7.48. The number of rotatable bonds is 5. The summed E-state index contributed by atoms with van der Waals surface area (Å²) < 4.78 is 65.7. The van der Waals surface area contributed by atoms with Gasteiger partial charge in [0.1, 0.15) is 4.90 Å². The molecule has 0 unspecified atom stereocenters. The Morgan fingerprint density at radius 2 is 1.90 bits per heavy atom. The number of thiazole rings is 1. The van der Waals surface area contributed by atoms with Gasteiger partial charge in [0, 0.05) is 23.1 Å². The van der Waals surface area contributed by atoms with Crippen LogP contribution in [-0.4, -0.2) is 18.3 Å². The minimum Gasteiger partial charge on any atom is -0.258 e. The van der Waals surface area contributed by atoms with Gasteiger partial charge in [0.25, 0.3) is 15.7 Å². The summed E-state index contributed by atoms with van der Waals surface area (Å²) in [5.41, 5.74) is -0.711. The predicted octanol–water partition coefficient (Wildman–Crippen LogP) is 5.19. The van der Waals surface area contributed by atoms with E-state index >= 15 is 0 Å². The van der Waals surface area contributed by atoms with Crippen LogP contribution >= 0.6 is 22.9 Å². The van der Waals surface area contributed by atoms with Crippen LogP contribution in [0, 0.1) is 10.1 Å². The lowest BCUT2D eigenvalue weighted by atomic mass is 10.1. The molecule has 0 aliphatic carbocycles. The Hall–Kier alpha value is -2.70. The molecule has 13 heteroatoms.